The standard InChI is InChI=1S/C17H19Cl2N3O/c1-3-4-9-22(2)16-8-5-12(11-20-16)17(23)21-15-10-13(18)6-7-14(15)19/h5-8,10-11H,3-4,9H2,1-2H3,(H,21,23). The third-order valence-corrected chi connectivity index (χ3v) is 3.99. The maximum atomic E-state index is 12.3. The van der Waals surface area contributed by atoms with Crippen molar-refractivity contribution in [1.82, 2.24) is 4.98 Å². The number of amides is 1. The summed E-state index contributed by atoms with van der Waals surface area (Å²) >= 11 is 12.0. The summed E-state index contributed by atoms with van der Waals surface area (Å²) in [5.41, 5.74) is 0.946. The Morgan fingerprint density at radius 1 is 1.26 bits per heavy atom. The number of halogens is 2. The van der Waals surface area contributed by atoms with Crippen LogP contribution in [0, 0.1) is 0 Å². The van der Waals surface area contributed by atoms with E-state index in [1.807, 2.05) is 13.1 Å². The third kappa shape index (κ3) is 4.85. The maximum absolute atomic E-state index is 12.3. The van der Waals surface area contributed by atoms with Crippen LogP contribution in [0.3, 0.4) is 0 Å². The van der Waals surface area contributed by atoms with E-state index in [2.05, 4.69) is 22.1 Å². The average molecular weight is 352 g/mol. The van der Waals surface area contributed by atoms with Crippen molar-refractivity contribution in [1.29, 1.82) is 0 Å². The third-order valence-electron chi connectivity index (χ3n) is 3.42. The zero-order valence-electron chi connectivity index (χ0n) is 13.1. The van der Waals surface area contributed by atoms with E-state index in [1.54, 1.807) is 30.5 Å². The fraction of sp³-hybridized carbons (Fsp3) is 0.294. The number of pyridine rings is 1. The molecule has 2 rings (SSSR count). The Morgan fingerprint density at radius 2 is 2.04 bits per heavy atom. The van der Waals surface area contributed by atoms with Crippen molar-refractivity contribution in [2.45, 2.75) is 19.8 Å². The van der Waals surface area contributed by atoms with Gasteiger partial charge in [-0.05, 0) is 36.8 Å². The lowest BCUT2D eigenvalue weighted by Gasteiger charge is -2.17. The zero-order valence-corrected chi connectivity index (χ0v) is 14.7. The van der Waals surface area contributed by atoms with E-state index in [1.165, 1.54) is 0 Å². The lowest BCUT2D eigenvalue weighted by atomic mass is 10.2. The van der Waals surface area contributed by atoms with Crippen LogP contribution in [0.1, 0.15) is 30.1 Å². The predicted octanol–water partition coefficient (Wildman–Crippen LogP) is 4.88. The van der Waals surface area contributed by atoms with Crippen LogP contribution in [0.2, 0.25) is 10.0 Å². The van der Waals surface area contributed by atoms with Crippen LogP contribution in [0.4, 0.5) is 11.5 Å². The van der Waals surface area contributed by atoms with Gasteiger partial charge in [0.2, 0.25) is 0 Å². The lowest BCUT2D eigenvalue weighted by Crippen LogP contribution is -2.20. The highest BCUT2D eigenvalue weighted by molar-refractivity contribution is 6.35. The molecule has 1 N–H and O–H groups in total. The van der Waals surface area contributed by atoms with Gasteiger partial charge in [-0.1, -0.05) is 36.5 Å². The van der Waals surface area contributed by atoms with Crippen molar-refractivity contribution < 1.29 is 4.79 Å². The van der Waals surface area contributed by atoms with Crippen molar-refractivity contribution >= 4 is 40.6 Å². The number of anilines is 2. The van der Waals surface area contributed by atoms with E-state index in [9.17, 15) is 4.79 Å². The van der Waals surface area contributed by atoms with E-state index in [0.717, 1.165) is 25.2 Å². The van der Waals surface area contributed by atoms with Crippen molar-refractivity contribution in [2.75, 3.05) is 23.8 Å². The summed E-state index contributed by atoms with van der Waals surface area (Å²) in [6, 6.07) is 8.51. The predicted molar refractivity (Wildman–Crippen MR) is 96.8 cm³/mol. The number of nitrogens with zero attached hydrogens (tertiary/aromatic N) is 2. The smallest absolute Gasteiger partial charge is 0.257 e. The number of carbonyl (C=O) groups is 1. The molecule has 4 nitrogen and oxygen atoms in total. The van der Waals surface area contributed by atoms with Crippen LogP contribution >= 0.6 is 23.2 Å². The summed E-state index contributed by atoms with van der Waals surface area (Å²) < 4.78 is 0. The first-order valence-electron chi connectivity index (χ1n) is 7.45. The van der Waals surface area contributed by atoms with Gasteiger partial charge in [-0.15, -0.1) is 0 Å². The number of benzene rings is 1. The fourth-order valence-electron chi connectivity index (χ4n) is 2.04. The first kappa shape index (κ1) is 17.6. The van der Waals surface area contributed by atoms with Gasteiger partial charge < -0.3 is 10.2 Å². The monoisotopic (exact) mass is 351 g/mol. The Hall–Kier alpha value is -1.78. The largest absolute Gasteiger partial charge is 0.360 e. The molecule has 1 amide bonds. The van der Waals surface area contributed by atoms with Crippen molar-refractivity contribution in [3.63, 3.8) is 0 Å². The van der Waals surface area contributed by atoms with Gasteiger partial charge in [0.25, 0.3) is 5.91 Å². The summed E-state index contributed by atoms with van der Waals surface area (Å²) in [5.74, 6) is 0.570. The molecule has 0 radical (unpaired) electrons. The topological polar surface area (TPSA) is 45.2 Å². The number of carbonyl (C=O) groups excluding carboxylic acids is 1. The Balaban J connectivity index is 2.07. The minimum absolute atomic E-state index is 0.274. The highest BCUT2D eigenvalue weighted by atomic mass is 35.5. The minimum atomic E-state index is -0.274. The van der Waals surface area contributed by atoms with Crippen molar-refractivity contribution in [3.8, 4) is 0 Å². The normalized spacial score (nSPS) is 10.4. The molecule has 1 aromatic heterocycles. The molecule has 0 aliphatic heterocycles. The van der Waals surface area contributed by atoms with Gasteiger partial charge in [-0.2, -0.15) is 0 Å². The van der Waals surface area contributed by atoms with Crippen LogP contribution in [-0.4, -0.2) is 24.5 Å². The van der Waals surface area contributed by atoms with Crippen molar-refractivity contribution in [3.05, 3.63) is 52.1 Å². The first-order chi connectivity index (χ1) is 11.0. The van der Waals surface area contributed by atoms with Gasteiger partial charge in [-0.25, -0.2) is 4.98 Å². The van der Waals surface area contributed by atoms with Gasteiger partial charge in [0.05, 0.1) is 16.3 Å². The summed E-state index contributed by atoms with van der Waals surface area (Å²) in [6.45, 7) is 3.09. The Kier molecular flexibility index (Phi) is 6.25. The number of hydrogen-bond donors (Lipinski definition) is 1. The highest BCUT2D eigenvalue weighted by Crippen LogP contribution is 2.26. The molecule has 0 saturated heterocycles. The Bertz CT molecular complexity index is 674. The molecule has 0 saturated carbocycles. The SMILES string of the molecule is CCCCN(C)c1ccc(C(=O)Nc2cc(Cl)ccc2Cl)cn1. The molecule has 1 aromatic carbocycles. The van der Waals surface area contributed by atoms with Gasteiger partial charge in [-0.3, -0.25) is 4.79 Å². The van der Waals surface area contributed by atoms with Crippen LogP contribution in [0.25, 0.3) is 0 Å². The number of rotatable bonds is 6. The average Bonchev–Trinajstić information content (AvgIpc) is 2.56. The molecule has 0 atom stereocenters. The van der Waals surface area contributed by atoms with E-state index in [4.69, 9.17) is 23.2 Å². The molecule has 122 valence electrons. The van der Waals surface area contributed by atoms with Crippen LogP contribution in [-0.2, 0) is 0 Å². The van der Waals surface area contributed by atoms with E-state index >= 15 is 0 Å². The van der Waals surface area contributed by atoms with Crippen molar-refractivity contribution in [2.24, 2.45) is 0 Å². The molecule has 0 fully saturated rings. The lowest BCUT2D eigenvalue weighted by molar-refractivity contribution is 0.102. The van der Waals surface area contributed by atoms with E-state index in [0.29, 0.717) is 21.3 Å². The number of unbranched alkanes of at least 4 members (excludes halogenated alkanes) is 1. The van der Waals surface area contributed by atoms with Gasteiger partial charge in [0.15, 0.2) is 0 Å². The maximum Gasteiger partial charge on any atom is 0.257 e. The molecule has 0 spiro atoms. The summed E-state index contributed by atoms with van der Waals surface area (Å²) in [4.78, 5) is 18.7. The van der Waals surface area contributed by atoms with Gasteiger partial charge in [0.1, 0.15) is 5.82 Å². The molecule has 23 heavy (non-hydrogen) atoms. The minimum Gasteiger partial charge on any atom is -0.360 e. The fourth-order valence-corrected chi connectivity index (χ4v) is 2.38. The Morgan fingerprint density at radius 3 is 2.70 bits per heavy atom. The number of nitrogens with one attached hydrogen (secondary N) is 1. The second-order valence-electron chi connectivity index (χ2n) is 5.26. The summed E-state index contributed by atoms with van der Waals surface area (Å²) in [7, 11) is 1.99. The molecule has 1 heterocycles. The van der Waals surface area contributed by atoms with Crippen LogP contribution in [0.15, 0.2) is 36.5 Å². The van der Waals surface area contributed by atoms with Gasteiger partial charge >= 0.3 is 0 Å². The quantitative estimate of drug-likeness (QED) is 0.806. The molecule has 0 aliphatic carbocycles. The molecular weight excluding hydrogens is 333 g/mol. The zero-order chi connectivity index (χ0) is 16.8. The molecule has 6 heteroatoms. The molecule has 0 unspecified atom stereocenters. The van der Waals surface area contributed by atoms with Gasteiger partial charge in [0, 0.05) is 24.8 Å². The summed E-state index contributed by atoms with van der Waals surface area (Å²) in [5, 5.41) is 3.69. The Labute approximate surface area is 146 Å². The summed E-state index contributed by atoms with van der Waals surface area (Å²) in [6.07, 6.45) is 3.80. The molecular formula is C17H19Cl2N3O. The second kappa shape index (κ2) is 8.18. The van der Waals surface area contributed by atoms with Crippen LogP contribution in [0.5, 0.6) is 0 Å². The first-order valence-corrected chi connectivity index (χ1v) is 8.20. The number of hydrogen-bond acceptors (Lipinski definition) is 3. The van der Waals surface area contributed by atoms with E-state index in [-0.39, 0.29) is 5.91 Å². The second-order valence-corrected chi connectivity index (χ2v) is 6.10. The van der Waals surface area contributed by atoms with E-state index < -0.39 is 0 Å². The number of aromatic nitrogens is 1. The molecule has 0 aliphatic rings. The highest BCUT2D eigenvalue weighted by Gasteiger charge is 2.10. The molecule has 2 aromatic rings. The molecule has 0 bridgehead atoms. The van der Waals surface area contributed by atoms with Crippen LogP contribution < -0.4 is 10.2 Å².